The Labute approximate surface area is 132 Å². The first-order valence-corrected chi connectivity index (χ1v) is 6.46. The number of nitrogens with zero attached hydrogens (tertiary/aromatic N) is 2. The van der Waals surface area contributed by atoms with Gasteiger partial charge >= 0.3 is 0 Å². The van der Waals surface area contributed by atoms with Crippen molar-refractivity contribution >= 4 is 35.6 Å². The maximum absolute atomic E-state index is 12.4. The van der Waals surface area contributed by atoms with E-state index in [1.807, 2.05) is 0 Å². The van der Waals surface area contributed by atoms with Gasteiger partial charge in [0.15, 0.2) is 0 Å². The fraction of sp³-hybridized carbons (Fsp3) is 0.417. The Morgan fingerprint density at radius 2 is 2.29 bits per heavy atom. The number of ether oxygens (including phenoxy) is 1. The predicted octanol–water partition coefficient (Wildman–Crippen LogP) is 1.47. The van der Waals surface area contributed by atoms with Crippen molar-refractivity contribution in [3.05, 3.63) is 38.9 Å². The number of nitro benzene ring substituents is 1. The number of carbonyl (C=O) groups excluding carboxylic acids is 1. The molecule has 0 radical (unpaired) electrons. The zero-order chi connectivity index (χ0) is 14.7. The number of morpholine rings is 1. The van der Waals surface area contributed by atoms with Crippen molar-refractivity contribution in [3.63, 3.8) is 0 Å². The van der Waals surface area contributed by atoms with Gasteiger partial charge in [-0.1, -0.05) is 17.7 Å². The number of hydrogen-bond acceptors (Lipinski definition) is 5. The molecule has 0 bridgehead atoms. The number of hydrogen-bond donors (Lipinski definition) is 1. The zero-order valence-corrected chi connectivity index (χ0v) is 12.6. The second-order valence-corrected chi connectivity index (χ2v) is 4.78. The molecule has 1 aliphatic rings. The third kappa shape index (κ3) is 3.82. The molecule has 1 atom stereocenters. The Morgan fingerprint density at radius 1 is 1.57 bits per heavy atom. The Hall–Kier alpha value is -1.41. The highest BCUT2D eigenvalue weighted by Crippen LogP contribution is 2.28. The first-order valence-electron chi connectivity index (χ1n) is 6.08. The molecule has 1 saturated heterocycles. The van der Waals surface area contributed by atoms with Crippen LogP contribution >= 0.6 is 24.0 Å². The molecule has 9 heteroatoms. The summed E-state index contributed by atoms with van der Waals surface area (Å²) in [5, 5.41) is 11.1. The Bertz CT molecular complexity index is 541. The topological polar surface area (TPSA) is 98.7 Å². The minimum absolute atomic E-state index is 0. The molecule has 7 nitrogen and oxygen atoms in total. The summed E-state index contributed by atoms with van der Waals surface area (Å²) in [6.45, 7) is 1.30. The van der Waals surface area contributed by atoms with Crippen LogP contribution in [-0.4, -0.2) is 48.1 Å². The van der Waals surface area contributed by atoms with Gasteiger partial charge in [-0.3, -0.25) is 14.9 Å². The van der Waals surface area contributed by atoms with Gasteiger partial charge in [0.05, 0.1) is 22.7 Å². The summed E-state index contributed by atoms with van der Waals surface area (Å²) in [4.78, 5) is 24.3. The zero-order valence-electron chi connectivity index (χ0n) is 11.0. The van der Waals surface area contributed by atoms with Gasteiger partial charge in [-0.15, -0.1) is 12.4 Å². The molecular weight excluding hydrogens is 321 g/mol. The molecule has 116 valence electrons. The van der Waals surface area contributed by atoms with Gasteiger partial charge < -0.3 is 15.4 Å². The molecule has 1 unspecified atom stereocenters. The number of benzene rings is 1. The lowest BCUT2D eigenvalue weighted by molar-refractivity contribution is -0.385. The third-order valence-electron chi connectivity index (χ3n) is 3.09. The number of nitro groups is 1. The van der Waals surface area contributed by atoms with E-state index in [1.165, 1.54) is 23.1 Å². The summed E-state index contributed by atoms with van der Waals surface area (Å²) < 4.78 is 5.37. The second kappa shape index (κ2) is 7.56. The van der Waals surface area contributed by atoms with Gasteiger partial charge in [-0.25, -0.2) is 0 Å². The van der Waals surface area contributed by atoms with E-state index >= 15 is 0 Å². The monoisotopic (exact) mass is 335 g/mol. The van der Waals surface area contributed by atoms with E-state index in [2.05, 4.69) is 0 Å². The first kappa shape index (κ1) is 17.6. The van der Waals surface area contributed by atoms with Crippen molar-refractivity contribution in [1.29, 1.82) is 0 Å². The molecule has 0 spiro atoms. The second-order valence-electron chi connectivity index (χ2n) is 4.37. The Balaban J connectivity index is 0.00000220. The van der Waals surface area contributed by atoms with Crippen molar-refractivity contribution in [3.8, 4) is 0 Å². The quantitative estimate of drug-likeness (QED) is 0.666. The summed E-state index contributed by atoms with van der Waals surface area (Å²) >= 11 is 5.95. The largest absolute Gasteiger partial charge is 0.373 e. The summed E-state index contributed by atoms with van der Waals surface area (Å²) in [5.41, 5.74) is 5.14. The van der Waals surface area contributed by atoms with Crippen molar-refractivity contribution < 1.29 is 14.5 Å². The Kier molecular flexibility index (Phi) is 6.35. The number of halogens is 2. The maximum Gasteiger partial charge on any atom is 0.283 e. The van der Waals surface area contributed by atoms with Crippen molar-refractivity contribution in [2.24, 2.45) is 5.73 Å². The molecule has 0 aromatic heterocycles. The van der Waals surface area contributed by atoms with Crippen LogP contribution in [0.4, 0.5) is 5.69 Å². The smallest absolute Gasteiger partial charge is 0.283 e. The highest BCUT2D eigenvalue weighted by molar-refractivity contribution is 6.34. The van der Waals surface area contributed by atoms with Crippen LogP contribution in [0.1, 0.15) is 10.4 Å². The first-order chi connectivity index (χ1) is 9.54. The summed E-state index contributed by atoms with van der Waals surface area (Å²) in [7, 11) is 0. The molecule has 1 amide bonds. The lowest BCUT2D eigenvalue weighted by Crippen LogP contribution is -2.48. The molecule has 1 fully saturated rings. The molecule has 1 heterocycles. The van der Waals surface area contributed by atoms with E-state index in [0.717, 1.165) is 0 Å². The lowest BCUT2D eigenvalue weighted by atomic mass is 10.1. The standard InChI is InChI=1S/C12H14ClN3O4.ClH/c13-9-2-1-3-10(16(18)19)11(9)12(17)15-4-5-20-8(6-14)7-15;/h1-3,8H,4-7,14H2;1H. The Morgan fingerprint density at radius 3 is 2.90 bits per heavy atom. The van der Waals surface area contributed by atoms with Crippen LogP contribution in [0.5, 0.6) is 0 Å². The molecule has 2 N–H and O–H groups in total. The molecule has 0 saturated carbocycles. The van der Waals surface area contributed by atoms with Crippen LogP contribution in [0.2, 0.25) is 5.02 Å². The van der Waals surface area contributed by atoms with E-state index in [4.69, 9.17) is 22.1 Å². The average molecular weight is 336 g/mol. The van der Waals surface area contributed by atoms with Gasteiger partial charge in [0.1, 0.15) is 5.56 Å². The van der Waals surface area contributed by atoms with Gasteiger partial charge in [-0.05, 0) is 6.07 Å². The van der Waals surface area contributed by atoms with E-state index < -0.39 is 10.8 Å². The summed E-state index contributed by atoms with van der Waals surface area (Å²) in [6, 6.07) is 4.17. The van der Waals surface area contributed by atoms with Crippen molar-refractivity contribution in [2.75, 3.05) is 26.2 Å². The van der Waals surface area contributed by atoms with Crippen LogP contribution < -0.4 is 5.73 Å². The summed E-state index contributed by atoms with van der Waals surface area (Å²) in [6.07, 6.45) is -0.255. The van der Waals surface area contributed by atoms with Crippen LogP contribution in [0.3, 0.4) is 0 Å². The number of amides is 1. The van der Waals surface area contributed by atoms with E-state index in [1.54, 1.807) is 0 Å². The SMILES string of the molecule is Cl.NCC1CN(C(=O)c2c(Cl)cccc2[N+](=O)[O-])CCO1. The predicted molar refractivity (Wildman–Crippen MR) is 80.1 cm³/mol. The number of nitrogens with two attached hydrogens (primary N) is 1. The highest BCUT2D eigenvalue weighted by Gasteiger charge is 2.30. The minimum Gasteiger partial charge on any atom is -0.373 e. The van der Waals surface area contributed by atoms with Crippen LogP contribution in [-0.2, 0) is 4.74 Å². The lowest BCUT2D eigenvalue weighted by Gasteiger charge is -2.32. The van der Waals surface area contributed by atoms with Gasteiger partial charge in [0, 0.05) is 25.7 Å². The van der Waals surface area contributed by atoms with E-state index in [9.17, 15) is 14.9 Å². The maximum atomic E-state index is 12.4. The third-order valence-corrected chi connectivity index (χ3v) is 3.41. The molecule has 1 aromatic carbocycles. The van der Waals surface area contributed by atoms with Gasteiger partial charge in [0.2, 0.25) is 0 Å². The normalized spacial score (nSPS) is 18.0. The van der Waals surface area contributed by atoms with Crippen LogP contribution in [0.25, 0.3) is 0 Å². The van der Waals surface area contributed by atoms with Gasteiger partial charge in [0.25, 0.3) is 11.6 Å². The van der Waals surface area contributed by atoms with Gasteiger partial charge in [-0.2, -0.15) is 0 Å². The number of rotatable bonds is 3. The molecule has 1 aliphatic heterocycles. The van der Waals surface area contributed by atoms with Crippen molar-refractivity contribution in [2.45, 2.75) is 6.10 Å². The van der Waals surface area contributed by atoms with E-state index in [-0.39, 0.29) is 41.3 Å². The molecule has 1 aromatic rings. The van der Waals surface area contributed by atoms with Crippen molar-refractivity contribution in [1.82, 2.24) is 4.90 Å². The molecule has 0 aliphatic carbocycles. The highest BCUT2D eigenvalue weighted by atomic mass is 35.5. The van der Waals surface area contributed by atoms with E-state index in [0.29, 0.717) is 19.7 Å². The minimum atomic E-state index is -0.611. The number of carbonyl (C=O) groups is 1. The molecular formula is C12H15Cl2N3O4. The summed E-state index contributed by atoms with van der Waals surface area (Å²) in [5.74, 6) is -0.468. The van der Waals surface area contributed by atoms with Crippen LogP contribution in [0, 0.1) is 10.1 Å². The fourth-order valence-corrected chi connectivity index (χ4v) is 2.33. The average Bonchev–Trinajstić information content (AvgIpc) is 2.46. The molecule has 21 heavy (non-hydrogen) atoms. The fourth-order valence-electron chi connectivity index (χ4n) is 2.08. The van der Waals surface area contributed by atoms with Crippen LogP contribution in [0.15, 0.2) is 18.2 Å². The molecule has 2 rings (SSSR count).